The van der Waals surface area contributed by atoms with Crippen molar-refractivity contribution >= 4 is 5.91 Å². The molecular weight excluding hydrogens is 182 g/mol. The predicted octanol–water partition coefficient (Wildman–Crippen LogP) is 0.805. The fraction of sp³-hybridized carbons (Fsp3) is 0.900. The van der Waals surface area contributed by atoms with E-state index in [-0.39, 0.29) is 18.4 Å². The SMILES string of the molecule is CON(C)C(=O)[C@H]1CC[C@@H](CO)CC1. The summed E-state index contributed by atoms with van der Waals surface area (Å²) in [5.41, 5.74) is 0. The smallest absolute Gasteiger partial charge is 0.248 e. The van der Waals surface area contributed by atoms with E-state index in [1.54, 1.807) is 7.05 Å². The Bertz CT molecular complexity index is 188. The van der Waals surface area contributed by atoms with Gasteiger partial charge in [0, 0.05) is 19.6 Å². The molecule has 0 radical (unpaired) electrons. The summed E-state index contributed by atoms with van der Waals surface area (Å²) in [6.07, 6.45) is 3.64. The third kappa shape index (κ3) is 2.69. The normalized spacial score (nSPS) is 27.4. The van der Waals surface area contributed by atoms with Crippen molar-refractivity contribution in [3.8, 4) is 0 Å². The van der Waals surface area contributed by atoms with Crippen molar-refractivity contribution in [1.82, 2.24) is 5.06 Å². The molecule has 82 valence electrons. The zero-order valence-corrected chi connectivity index (χ0v) is 8.90. The molecule has 1 fully saturated rings. The van der Waals surface area contributed by atoms with Gasteiger partial charge in [-0.05, 0) is 31.6 Å². The maximum Gasteiger partial charge on any atom is 0.248 e. The Hall–Kier alpha value is -0.610. The Labute approximate surface area is 84.8 Å². The lowest BCUT2D eigenvalue weighted by Crippen LogP contribution is -2.34. The van der Waals surface area contributed by atoms with Gasteiger partial charge < -0.3 is 5.11 Å². The molecule has 1 N–H and O–H groups in total. The van der Waals surface area contributed by atoms with Gasteiger partial charge in [0.1, 0.15) is 0 Å². The summed E-state index contributed by atoms with van der Waals surface area (Å²) in [5, 5.41) is 10.2. The molecule has 0 atom stereocenters. The van der Waals surface area contributed by atoms with Gasteiger partial charge in [0.05, 0.1) is 7.11 Å². The van der Waals surface area contributed by atoms with Crippen LogP contribution < -0.4 is 0 Å². The molecule has 1 saturated carbocycles. The summed E-state index contributed by atoms with van der Waals surface area (Å²) in [6, 6.07) is 0. The van der Waals surface area contributed by atoms with Crippen molar-refractivity contribution in [3.05, 3.63) is 0 Å². The second-order valence-corrected chi connectivity index (χ2v) is 3.92. The van der Waals surface area contributed by atoms with Crippen LogP contribution >= 0.6 is 0 Å². The lowest BCUT2D eigenvalue weighted by Gasteiger charge is -2.28. The Morgan fingerprint density at radius 2 is 2.00 bits per heavy atom. The van der Waals surface area contributed by atoms with Gasteiger partial charge in [-0.3, -0.25) is 9.63 Å². The molecule has 0 aromatic carbocycles. The van der Waals surface area contributed by atoms with Crippen molar-refractivity contribution in [2.24, 2.45) is 11.8 Å². The maximum absolute atomic E-state index is 11.7. The Morgan fingerprint density at radius 3 is 2.43 bits per heavy atom. The third-order valence-corrected chi connectivity index (χ3v) is 3.04. The van der Waals surface area contributed by atoms with Crippen LogP contribution in [0.2, 0.25) is 0 Å². The first-order chi connectivity index (χ1) is 6.69. The highest BCUT2D eigenvalue weighted by molar-refractivity contribution is 5.77. The fourth-order valence-electron chi connectivity index (χ4n) is 1.94. The number of hydrogen-bond acceptors (Lipinski definition) is 3. The van der Waals surface area contributed by atoms with E-state index in [1.807, 2.05) is 0 Å². The molecule has 0 aromatic heterocycles. The lowest BCUT2D eigenvalue weighted by atomic mass is 9.82. The van der Waals surface area contributed by atoms with Crippen LogP contribution in [0.25, 0.3) is 0 Å². The molecule has 1 rings (SSSR count). The molecule has 1 aliphatic rings. The first-order valence-corrected chi connectivity index (χ1v) is 5.11. The summed E-state index contributed by atoms with van der Waals surface area (Å²) >= 11 is 0. The molecule has 0 unspecified atom stereocenters. The molecule has 14 heavy (non-hydrogen) atoms. The van der Waals surface area contributed by atoms with Gasteiger partial charge in [-0.1, -0.05) is 0 Å². The van der Waals surface area contributed by atoms with E-state index in [2.05, 4.69) is 0 Å². The van der Waals surface area contributed by atoms with Crippen LogP contribution in [0.15, 0.2) is 0 Å². The number of amides is 1. The molecule has 0 aromatic rings. The van der Waals surface area contributed by atoms with Gasteiger partial charge in [0.15, 0.2) is 0 Å². The molecule has 0 aliphatic heterocycles. The number of hydrogen-bond donors (Lipinski definition) is 1. The minimum Gasteiger partial charge on any atom is -0.396 e. The fourth-order valence-corrected chi connectivity index (χ4v) is 1.94. The van der Waals surface area contributed by atoms with Gasteiger partial charge in [0.2, 0.25) is 5.91 Å². The maximum atomic E-state index is 11.7. The first-order valence-electron chi connectivity index (χ1n) is 5.11. The quantitative estimate of drug-likeness (QED) is 0.687. The van der Waals surface area contributed by atoms with E-state index in [0.717, 1.165) is 25.7 Å². The molecule has 0 heterocycles. The largest absolute Gasteiger partial charge is 0.396 e. The third-order valence-electron chi connectivity index (χ3n) is 3.04. The topological polar surface area (TPSA) is 49.8 Å². The van der Waals surface area contributed by atoms with Crippen molar-refractivity contribution in [3.63, 3.8) is 0 Å². The lowest BCUT2D eigenvalue weighted by molar-refractivity contribution is -0.174. The average Bonchev–Trinajstić information content (AvgIpc) is 2.27. The van der Waals surface area contributed by atoms with Crippen LogP contribution in [0.3, 0.4) is 0 Å². The van der Waals surface area contributed by atoms with E-state index in [0.29, 0.717) is 5.92 Å². The number of hydroxylamine groups is 2. The van der Waals surface area contributed by atoms with E-state index in [1.165, 1.54) is 12.2 Å². The highest BCUT2D eigenvalue weighted by Crippen LogP contribution is 2.29. The standard InChI is InChI=1S/C10H19NO3/c1-11(14-2)10(13)9-5-3-8(7-12)4-6-9/h8-9,12H,3-7H2,1-2H3/t8-,9+. The van der Waals surface area contributed by atoms with Crippen LogP contribution in [-0.2, 0) is 9.63 Å². The summed E-state index contributed by atoms with van der Waals surface area (Å²) in [7, 11) is 3.14. The number of carbonyl (C=O) groups excluding carboxylic acids is 1. The number of carbonyl (C=O) groups is 1. The summed E-state index contributed by atoms with van der Waals surface area (Å²) in [5.74, 6) is 0.540. The number of aliphatic hydroxyl groups excluding tert-OH is 1. The summed E-state index contributed by atoms with van der Waals surface area (Å²) in [4.78, 5) is 16.5. The van der Waals surface area contributed by atoms with Crippen LogP contribution in [0.1, 0.15) is 25.7 Å². The summed E-state index contributed by atoms with van der Waals surface area (Å²) < 4.78 is 0. The summed E-state index contributed by atoms with van der Waals surface area (Å²) in [6.45, 7) is 0.251. The van der Waals surface area contributed by atoms with Crippen molar-refractivity contribution < 1.29 is 14.7 Å². The zero-order chi connectivity index (χ0) is 10.6. The van der Waals surface area contributed by atoms with Gasteiger partial charge >= 0.3 is 0 Å². The van der Waals surface area contributed by atoms with Crippen molar-refractivity contribution in [2.45, 2.75) is 25.7 Å². The molecule has 0 bridgehead atoms. The molecule has 1 amide bonds. The van der Waals surface area contributed by atoms with Gasteiger partial charge in [0.25, 0.3) is 0 Å². The molecular formula is C10H19NO3. The van der Waals surface area contributed by atoms with E-state index >= 15 is 0 Å². The van der Waals surface area contributed by atoms with Gasteiger partial charge in [-0.25, -0.2) is 5.06 Å². The highest BCUT2D eigenvalue weighted by atomic mass is 16.7. The van der Waals surface area contributed by atoms with Crippen LogP contribution in [0.5, 0.6) is 0 Å². The molecule has 1 aliphatic carbocycles. The minimum absolute atomic E-state index is 0.0592. The molecule has 0 spiro atoms. The molecule has 0 saturated heterocycles. The van der Waals surface area contributed by atoms with Crippen molar-refractivity contribution in [1.29, 1.82) is 0 Å². The monoisotopic (exact) mass is 201 g/mol. The van der Waals surface area contributed by atoms with Crippen LogP contribution in [0, 0.1) is 11.8 Å². The van der Waals surface area contributed by atoms with Gasteiger partial charge in [-0.2, -0.15) is 0 Å². The minimum atomic E-state index is 0.0592. The Balaban J connectivity index is 2.37. The number of aliphatic hydroxyl groups is 1. The van der Waals surface area contributed by atoms with Crippen LogP contribution in [-0.4, -0.2) is 36.8 Å². The molecule has 4 heteroatoms. The Kier molecular flexibility index (Phi) is 4.35. The zero-order valence-electron chi connectivity index (χ0n) is 8.90. The Morgan fingerprint density at radius 1 is 1.43 bits per heavy atom. The van der Waals surface area contributed by atoms with E-state index < -0.39 is 0 Å². The second kappa shape index (κ2) is 5.32. The average molecular weight is 201 g/mol. The number of rotatable bonds is 3. The van der Waals surface area contributed by atoms with E-state index in [9.17, 15) is 4.79 Å². The first kappa shape index (κ1) is 11.5. The van der Waals surface area contributed by atoms with Crippen molar-refractivity contribution in [2.75, 3.05) is 20.8 Å². The number of nitrogens with zero attached hydrogens (tertiary/aromatic N) is 1. The highest BCUT2D eigenvalue weighted by Gasteiger charge is 2.27. The van der Waals surface area contributed by atoms with Gasteiger partial charge in [-0.15, -0.1) is 0 Å². The molecule has 4 nitrogen and oxygen atoms in total. The second-order valence-electron chi connectivity index (χ2n) is 3.92. The predicted molar refractivity (Wildman–Crippen MR) is 52.3 cm³/mol. The van der Waals surface area contributed by atoms with Crippen LogP contribution in [0.4, 0.5) is 0 Å². The van der Waals surface area contributed by atoms with E-state index in [4.69, 9.17) is 9.94 Å².